The van der Waals surface area contributed by atoms with Gasteiger partial charge in [0.1, 0.15) is 23.0 Å². The molecule has 1 fully saturated rings. The number of nitrogens with zero attached hydrogens (tertiary/aromatic N) is 2. The van der Waals surface area contributed by atoms with E-state index in [-0.39, 0.29) is 11.9 Å². The largest absolute Gasteiger partial charge is 0.496 e. The SMILES string of the molecule is COc1cc(Oc2cc(OCCCCCOc3cc4c(cc3C)C(=O)N3CCC[C@H]3C=N4)ccc2N)cc(C)c1C. The molecule has 0 aliphatic carbocycles. The number of rotatable bonds is 11. The highest BCUT2D eigenvalue weighted by atomic mass is 16.5. The minimum absolute atomic E-state index is 0.0694. The van der Waals surface area contributed by atoms with Crippen LogP contribution in [0.15, 0.2) is 47.5 Å². The number of nitrogen functional groups attached to an aromatic ring is 1. The number of fused-ring (bicyclic) bond motifs is 2. The second-order valence-corrected chi connectivity index (χ2v) is 10.7. The molecule has 0 unspecified atom stereocenters. The van der Waals surface area contributed by atoms with Crippen LogP contribution in [0.2, 0.25) is 0 Å². The number of nitrogens with two attached hydrogens (primary N) is 1. The van der Waals surface area contributed by atoms with Gasteiger partial charge in [0, 0.05) is 31.0 Å². The Hall–Kier alpha value is -4.20. The summed E-state index contributed by atoms with van der Waals surface area (Å²) in [5.74, 6) is 3.54. The molecule has 0 spiro atoms. The van der Waals surface area contributed by atoms with Crippen LogP contribution in [0, 0.1) is 20.8 Å². The van der Waals surface area contributed by atoms with E-state index in [1.165, 1.54) is 0 Å². The number of carbonyl (C=O) groups is 1. The second-order valence-electron chi connectivity index (χ2n) is 10.7. The summed E-state index contributed by atoms with van der Waals surface area (Å²) in [5.41, 5.74) is 11.2. The van der Waals surface area contributed by atoms with Crippen LogP contribution < -0.4 is 24.7 Å². The van der Waals surface area contributed by atoms with Crippen molar-refractivity contribution in [2.45, 2.75) is 58.9 Å². The molecule has 0 radical (unpaired) electrons. The Balaban J connectivity index is 1.08. The molecule has 2 N–H and O–H groups in total. The molecule has 41 heavy (non-hydrogen) atoms. The number of amides is 1. The first kappa shape index (κ1) is 28.3. The maximum atomic E-state index is 13.0. The molecule has 0 saturated carbocycles. The fraction of sp³-hybridized carbons (Fsp3) is 0.394. The van der Waals surface area contributed by atoms with Gasteiger partial charge in [0.05, 0.1) is 43.3 Å². The van der Waals surface area contributed by atoms with Crippen molar-refractivity contribution < 1.29 is 23.7 Å². The Morgan fingerprint density at radius 1 is 0.902 bits per heavy atom. The number of ether oxygens (including phenoxy) is 4. The van der Waals surface area contributed by atoms with Crippen LogP contribution >= 0.6 is 0 Å². The molecule has 0 bridgehead atoms. The number of hydrogen-bond acceptors (Lipinski definition) is 7. The average molecular weight is 558 g/mol. The summed E-state index contributed by atoms with van der Waals surface area (Å²) < 4.78 is 23.6. The first-order valence-corrected chi connectivity index (χ1v) is 14.3. The maximum Gasteiger partial charge on any atom is 0.256 e. The number of aliphatic imine (C=N–C) groups is 1. The molecule has 2 heterocycles. The van der Waals surface area contributed by atoms with Gasteiger partial charge in [-0.3, -0.25) is 9.79 Å². The Morgan fingerprint density at radius 2 is 1.68 bits per heavy atom. The van der Waals surface area contributed by atoms with Crippen LogP contribution in [0.5, 0.6) is 28.7 Å². The Labute approximate surface area is 242 Å². The van der Waals surface area contributed by atoms with E-state index in [0.29, 0.717) is 47.4 Å². The number of carbonyl (C=O) groups excluding carboxylic acids is 1. The van der Waals surface area contributed by atoms with Crippen molar-refractivity contribution in [2.75, 3.05) is 32.6 Å². The third-order valence-electron chi connectivity index (χ3n) is 7.81. The highest BCUT2D eigenvalue weighted by Crippen LogP contribution is 2.36. The van der Waals surface area contributed by atoms with E-state index in [1.54, 1.807) is 13.2 Å². The van der Waals surface area contributed by atoms with Crippen molar-refractivity contribution in [2.24, 2.45) is 4.99 Å². The van der Waals surface area contributed by atoms with Gasteiger partial charge in [-0.05, 0) is 93.8 Å². The predicted octanol–water partition coefficient (Wildman–Crippen LogP) is 6.94. The lowest BCUT2D eigenvalue weighted by molar-refractivity contribution is 0.0774. The fourth-order valence-corrected chi connectivity index (χ4v) is 5.27. The fourth-order valence-electron chi connectivity index (χ4n) is 5.27. The quantitative estimate of drug-likeness (QED) is 0.203. The molecule has 3 aromatic carbocycles. The van der Waals surface area contributed by atoms with E-state index in [0.717, 1.165) is 66.8 Å². The molecular weight excluding hydrogens is 518 g/mol. The van der Waals surface area contributed by atoms with E-state index >= 15 is 0 Å². The van der Waals surface area contributed by atoms with Gasteiger partial charge in [-0.2, -0.15) is 0 Å². The van der Waals surface area contributed by atoms with Gasteiger partial charge >= 0.3 is 0 Å². The zero-order valence-corrected chi connectivity index (χ0v) is 24.4. The van der Waals surface area contributed by atoms with Gasteiger partial charge in [0.2, 0.25) is 0 Å². The van der Waals surface area contributed by atoms with E-state index in [4.69, 9.17) is 24.7 Å². The zero-order valence-electron chi connectivity index (χ0n) is 24.4. The van der Waals surface area contributed by atoms with Crippen molar-refractivity contribution in [3.63, 3.8) is 0 Å². The van der Waals surface area contributed by atoms with Crippen molar-refractivity contribution in [1.82, 2.24) is 4.90 Å². The lowest BCUT2D eigenvalue weighted by Gasteiger charge is -2.20. The molecule has 3 aromatic rings. The second kappa shape index (κ2) is 12.5. The van der Waals surface area contributed by atoms with Crippen LogP contribution in [0.25, 0.3) is 0 Å². The van der Waals surface area contributed by atoms with Crippen LogP contribution in [-0.2, 0) is 0 Å². The van der Waals surface area contributed by atoms with Crippen LogP contribution in [0.3, 0.4) is 0 Å². The number of aryl methyl sites for hydroxylation is 2. The molecule has 2 aliphatic heterocycles. The van der Waals surface area contributed by atoms with Crippen LogP contribution in [0.1, 0.15) is 59.2 Å². The van der Waals surface area contributed by atoms with Crippen molar-refractivity contribution in [1.29, 1.82) is 0 Å². The number of methoxy groups -OCH3 is 1. The lowest BCUT2D eigenvalue weighted by Crippen LogP contribution is -2.35. The molecule has 8 nitrogen and oxygen atoms in total. The Kier molecular flexibility index (Phi) is 8.67. The van der Waals surface area contributed by atoms with Gasteiger partial charge < -0.3 is 29.6 Å². The molecule has 1 amide bonds. The van der Waals surface area contributed by atoms with Gasteiger partial charge in [-0.15, -0.1) is 0 Å². The Morgan fingerprint density at radius 3 is 2.49 bits per heavy atom. The summed E-state index contributed by atoms with van der Waals surface area (Å²) >= 11 is 0. The van der Waals surface area contributed by atoms with Crippen molar-refractivity contribution in [3.05, 3.63) is 64.7 Å². The summed E-state index contributed by atoms with van der Waals surface area (Å²) in [6.07, 6.45) is 6.65. The molecule has 216 valence electrons. The molecule has 1 saturated heterocycles. The number of unbranched alkanes of at least 4 members (excludes halogenated alkanes) is 2. The first-order valence-electron chi connectivity index (χ1n) is 14.3. The summed E-state index contributed by atoms with van der Waals surface area (Å²) in [4.78, 5) is 19.5. The van der Waals surface area contributed by atoms with Crippen molar-refractivity contribution in [3.8, 4) is 28.7 Å². The predicted molar refractivity (Wildman–Crippen MR) is 162 cm³/mol. The molecule has 0 aromatic heterocycles. The standard InChI is InChI=1S/C33H39N3O5/c1-21-15-26(18-31(38-4)23(21)3)41-32-17-25(10-11-28(32)34)39-13-6-5-7-14-40-30-19-29-27(16-22(30)2)33(37)36-12-8-9-24(36)20-35-29/h10-11,15-20,24H,5-9,12-14,34H2,1-4H3/t24-/m0/s1. The number of benzene rings is 3. The van der Waals surface area contributed by atoms with Gasteiger partial charge in [-0.1, -0.05) is 0 Å². The van der Waals surface area contributed by atoms with Crippen LogP contribution in [0.4, 0.5) is 11.4 Å². The molecular formula is C33H39N3O5. The normalized spacial score (nSPS) is 15.8. The smallest absolute Gasteiger partial charge is 0.256 e. The lowest BCUT2D eigenvalue weighted by atomic mass is 10.1. The van der Waals surface area contributed by atoms with Crippen LogP contribution in [-0.4, -0.2) is 49.9 Å². The van der Waals surface area contributed by atoms with Gasteiger partial charge in [0.25, 0.3) is 5.91 Å². The number of anilines is 1. The van der Waals surface area contributed by atoms with Crippen molar-refractivity contribution >= 4 is 23.5 Å². The minimum Gasteiger partial charge on any atom is -0.496 e. The summed E-state index contributed by atoms with van der Waals surface area (Å²) in [5, 5.41) is 0. The van der Waals surface area contributed by atoms with E-state index in [1.807, 2.05) is 68.3 Å². The third kappa shape index (κ3) is 6.42. The van der Waals surface area contributed by atoms with E-state index in [9.17, 15) is 4.79 Å². The maximum absolute atomic E-state index is 13.0. The van der Waals surface area contributed by atoms with E-state index in [2.05, 4.69) is 4.99 Å². The first-order chi connectivity index (χ1) is 19.8. The molecule has 1 atom stereocenters. The molecule has 5 rings (SSSR count). The average Bonchev–Trinajstić information content (AvgIpc) is 3.39. The van der Waals surface area contributed by atoms with E-state index < -0.39 is 0 Å². The minimum atomic E-state index is 0.0694. The number of hydrogen-bond donors (Lipinski definition) is 1. The Bertz CT molecular complexity index is 1450. The summed E-state index contributed by atoms with van der Waals surface area (Å²) in [6, 6.07) is 13.2. The highest BCUT2D eigenvalue weighted by molar-refractivity contribution is 6.03. The molecule has 8 heteroatoms. The summed E-state index contributed by atoms with van der Waals surface area (Å²) in [7, 11) is 1.65. The zero-order chi connectivity index (χ0) is 28.9. The highest BCUT2D eigenvalue weighted by Gasteiger charge is 2.32. The molecule has 2 aliphatic rings. The monoisotopic (exact) mass is 557 g/mol. The van der Waals surface area contributed by atoms with Gasteiger partial charge in [0.15, 0.2) is 5.75 Å². The third-order valence-corrected chi connectivity index (χ3v) is 7.81. The van der Waals surface area contributed by atoms with Gasteiger partial charge in [-0.25, -0.2) is 0 Å². The topological polar surface area (TPSA) is 95.6 Å². The summed E-state index contributed by atoms with van der Waals surface area (Å²) in [6.45, 7) is 7.98.